The van der Waals surface area contributed by atoms with E-state index in [1.807, 2.05) is 10.8 Å². The van der Waals surface area contributed by atoms with Crippen molar-refractivity contribution in [3.8, 4) is 0 Å². The topological polar surface area (TPSA) is 32.3 Å². The molecular formula is C9H14BrNOS. The van der Waals surface area contributed by atoms with Gasteiger partial charge in [-0.15, -0.1) is 0 Å². The number of hydrogen-bond acceptors (Lipinski definition) is 3. The van der Waals surface area contributed by atoms with Crippen molar-refractivity contribution in [3.63, 3.8) is 0 Å². The second-order valence-electron chi connectivity index (χ2n) is 2.89. The van der Waals surface area contributed by atoms with E-state index in [1.54, 1.807) is 11.3 Å². The first-order chi connectivity index (χ1) is 6.25. The van der Waals surface area contributed by atoms with Gasteiger partial charge < -0.3 is 10.4 Å². The monoisotopic (exact) mass is 263 g/mol. The van der Waals surface area contributed by atoms with Gasteiger partial charge in [-0.05, 0) is 34.3 Å². The smallest absolute Gasteiger partial charge is 0.0933 e. The number of hydrogen-bond donors (Lipinski definition) is 2. The summed E-state index contributed by atoms with van der Waals surface area (Å²) in [5, 5.41) is 16.9. The molecule has 0 saturated heterocycles. The molecule has 0 aliphatic rings. The minimum absolute atomic E-state index is 0.396. The molecule has 13 heavy (non-hydrogen) atoms. The second kappa shape index (κ2) is 5.75. The zero-order valence-corrected chi connectivity index (χ0v) is 9.99. The van der Waals surface area contributed by atoms with Gasteiger partial charge in [0, 0.05) is 22.0 Å². The van der Waals surface area contributed by atoms with Crippen molar-refractivity contribution in [1.29, 1.82) is 0 Å². The lowest BCUT2D eigenvalue weighted by atomic mass is 10.2. The Bertz CT molecular complexity index is 252. The van der Waals surface area contributed by atoms with Gasteiger partial charge in [0.25, 0.3) is 0 Å². The highest BCUT2D eigenvalue weighted by Crippen LogP contribution is 2.26. The van der Waals surface area contributed by atoms with Gasteiger partial charge in [-0.1, -0.05) is 6.92 Å². The third-order valence-electron chi connectivity index (χ3n) is 1.77. The number of nitrogens with one attached hydrogen (secondary N) is 1. The van der Waals surface area contributed by atoms with Crippen molar-refractivity contribution >= 4 is 27.3 Å². The maximum atomic E-state index is 9.73. The van der Waals surface area contributed by atoms with Crippen molar-refractivity contribution in [3.05, 3.63) is 20.8 Å². The van der Waals surface area contributed by atoms with Crippen LogP contribution in [0.4, 0.5) is 0 Å². The average molecular weight is 264 g/mol. The second-order valence-corrected chi connectivity index (χ2v) is 4.49. The van der Waals surface area contributed by atoms with Gasteiger partial charge in [0.05, 0.1) is 6.10 Å². The Morgan fingerprint density at radius 1 is 1.62 bits per heavy atom. The van der Waals surface area contributed by atoms with Crippen LogP contribution in [-0.2, 0) is 0 Å². The molecule has 1 unspecified atom stereocenters. The van der Waals surface area contributed by atoms with E-state index >= 15 is 0 Å². The predicted molar refractivity (Wildman–Crippen MR) is 60.1 cm³/mol. The highest BCUT2D eigenvalue weighted by atomic mass is 79.9. The molecule has 2 nitrogen and oxygen atoms in total. The third kappa shape index (κ3) is 3.38. The first-order valence-corrected chi connectivity index (χ1v) is 6.09. The molecule has 4 heteroatoms. The molecule has 0 radical (unpaired) electrons. The summed E-state index contributed by atoms with van der Waals surface area (Å²) < 4.78 is 1.00. The summed E-state index contributed by atoms with van der Waals surface area (Å²) in [5.74, 6) is 0. The fourth-order valence-electron chi connectivity index (χ4n) is 1.05. The minimum Gasteiger partial charge on any atom is -0.387 e. The highest BCUT2D eigenvalue weighted by Gasteiger charge is 2.10. The summed E-state index contributed by atoms with van der Waals surface area (Å²) in [4.78, 5) is 0. The molecule has 1 rings (SSSR count). The van der Waals surface area contributed by atoms with E-state index in [1.165, 1.54) is 0 Å². The molecule has 1 atom stereocenters. The zero-order valence-electron chi connectivity index (χ0n) is 7.59. The number of rotatable bonds is 5. The van der Waals surface area contributed by atoms with Crippen LogP contribution in [0, 0.1) is 0 Å². The van der Waals surface area contributed by atoms with Crippen LogP contribution in [0.25, 0.3) is 0 Å². The van der Waals surface area contributed by atoms with Crippen molar-refractivity contribution in [1.82, 2.24) is 5.32 Å². The molecule has 0 aliphatic heterocycles. The van der Waals surface area contributed by atoms with Crippen LogP contribution in [0.2, 0.25) is 0 Å². The van der Waals surface area contributed by atoms with Gasteiger partial charge in [-0.25, -0.2) is 0 Å². The van der Waals surface area contributed by atoms with Crippen LogP contribution in [-0.4, -0.2) is 18.2 Å². The SMILES string of the molecule is CCCNCC(O)c1cscc1Br. The van der Waals surface area contributed by atoms with E-state index in [0.29, 0.717) is 6.54 Å². The van der Waals surface area contributed by atoms with Gasteiger partial charge in [0.15, 0.2) is 0 Å². The molecule has 0 aliphatic carbocycles. The molecule has 1 aromatic rings. The van der Waals surface area contributed by atoms with Crippen molar-refractivity contribution in [2.24, 2.45) is 0 Å². The standard InChI is InChI=1S/C9H14BrNOS/c1-2-3-11-4-9(12)7-5-13-6-8(7)10/h5-6,9,11-12H,2-4H2,1H3. The summed E-state index contributed by atoms with van der Waals surface area (Å²) in [6.07, 6.45) is 0.699. The molecule has 0 amide bonds. The summed E-state index contributed by atoms with van der Waals surface area (Å²) in [6, 6.07) is 0. The van der Waals surface area contributed by atoms with Crippen LogP contribution in [0.15, 0.2) is 15.2 Å². The van der Waals surface area contributed by atoms with Crippen molar-refractivity contribution < 1.29 is 5.11 Å². The number of halogens is 1. The molecule has 74 valence electrons. The van der Waals surface area contributed by atoms with Crippen LogP contribution < -0.4 is 5.32 Å². The molecule has 0 bridgehead atoms. The minimum atomic E-state index is -0.396. The number of thiophene rings is 1. The van der Waals surface area contributed by atoms with E-state index < -0.39 is 6.10 Å². The Morgan fingerprint density at radius 2 is 2.38 bits per heavy atom. The van der Waals surface area contributed by atoms with E-state index in [4.69, 9.17) is 0 Å². The van der Waals surface area contributed by atoms with Gasteiger partial charge >= 0.3 is 0 Å². The molecule has 0 spiro atoms. The lowest BCUT2D eigenvalue weighted by Gasteiger charge is -2.10. The molecule has 0 aromatic carbocycles. The maximum Gasteiger partial charge on any atom is 0.0933 e. The molecular weight excluding hydrogens is 250 g/mol. The predicted octanol–water partition coefficient (Wildman–Crippen LogP) is 2.54. The Labute approximate surface area is 91.1 Å². The molecule has 0 saturated carbocycles. The van der Waals surface area contributed by atoms with Gasteiger partial charge in [0.2, 0.25) is 0 Å². The van der Waals surface area contributed by atoms with E-state index in [9.17, 15) is 5.11 Å². The lowest BCUT2D eigenvalue weighted by Crippen LogP contribution is -2.21. The van der Waals surface area contributed by atoms with Crippen LogP contribution >= 0.6 is 27.3 Å². The van der Waals surface area contributed by atoms with Gasteiger partial charge in [0.1, 0.15) is 0 Å². The Balaban J connectivity index is 2.39. The Morgan fingerprint density at radius 3 is 2.92 bits per heavy atom. The van der Waals surface area contributed by atoms with Crippen molar-refractivity contribution in [2.75, 3.05) is 13.1 Å². The van der Waals surface area contributed by atoms with E-state index in [0.717, 1.165) is 23.0 Å². The van der Waals surface area contributed by atoms with Gasteiger partial charge in [-0.2, -0.15) is 11.3 Å². The lowest BCUT2D eigenvalue weighted by molar-refractivity contribution is 0.175. The zero-order chi connectivity index (χ0) is 9.68. The van der Waals surface area contributed by atoms with E-state index in [2.05, 4.69) is 28.2 Å². The highest BCUT2D eigenvalue weighted by molar-refractivity contribution is 9.10. The summed E-state index contributed by atoms with van der Waals surface area (Å²) in [6.45, 7) is 3.70. The average Bonchev–Trinajstić information content (AvgIpc) is 2.52. The molecule has 1 aromatic heterocycles. The Hall–Kier alpha value is 0.100. The quantitative estimate of drug-likeness (QED) is 0.801. The normalized spacial score (nSPS) is 13.2. The summed E-state index contributed by atoms with van der Waals surface area (Å²) >= 11 is 5.00. The summed E-state index contributed by atoms with van der Waals surface area (Å²) in [5.41, 5.74) is 0.980. The maximum absolute atomic E-state index is 9.73. The fraction of sp³-hybridized carbons (Fsp3) is 0.556. The molecule has 0 fully saturated rings. The van der Waals surface area contributed by atoms with E-state index in [-0.39, 0.29) is 0 Å². The number of aliphatic hydroxyl groups excluding tert-OH is 1. The molecule has 1 heterocycles. The fourth-order valence-corrected chi connectivity index (χ4v) is 2.66. The number of aliphatic hydroxyl groups is 1. The largest absolute Gasteiger partial charge is 0.387 e. The first-order valence-electron chi connectivity index (χ1n) is 4.36. The van der Waals surface area contributed by atoms with Crippen LogP contribution in [0.5, 0.6) is 0 Å². The van der Waals surface area contributed by atoms with Crippen LogP contribution in [0.1, 0.15) is 25.0 Å². The molecule has 2 N–H and O–H groups in total. The summed E-state index contributed by atoms with van der Waals surface area (Å²) in [7, 11) is 0. The van der Waals surface area contributed by atoms with Crippen molar-refractivity contribution in [2.45, 2.75) is 19.4 Å². The Kier molecular flexibility index (Phi) is 4.94. The first kappa shape index (κ1) is 11.2. The van der Waals surface area contributed by atoms with Gasteiger partial charge in [-0.3, -0.25) is 0 Å². The third-order valence-corrected chi connectivity index (χ3v) is 3.52. The van der Waals surface area contributed by atoms with Crippen LogP contribution in [0.3, 0.4) is 0 Å².